The van der Waals surface area contributed by atoms with Gasteiger partial charge in [0.1, 0.15) is 23.1 Å². The van der Waals surface area contributed by atoms with E-state index in [9.17, 15) is 8.42 Å². The number of nitrogens with one attached hydrogen (secondary N) is 1. The minimum atomic E-state index is -3.66. The van der Waals surface area contributed by atoms with Crippen molar-refractivity contribution in [3.05, 3.63) is 58.4 Å². The maximum absolute atomic E-state index is 12.5. The molecule has 1 aromatic heterocycles. The molecule has 1 fully saturated rings. The first-order chi connectivity index (χ1) is 12.9. The summed E-state index contributed by atoms with van der Waals surface area (Å²) in [7, 11) is -3.66. The Morgan fingerprint density at radius 2 is 1.81 bits per heavy atom. The Morgan fingerprint density at radius 3 is 2.48 bits per heavy atom. The van der Waals surface area contributed by atoms with Gasteiger partial charge in [-0.1, -0.05) is 31.5 Å². The highest BCUT2D eigenvalue weighted by atomic mass is 32.2. The number of H-pyrrole nitrogens is 1. The minimum Gasteiger partial charge on any atom is -0.541 e. The van der Waals surface area contributed by atoms with Crippen LogP contribution in [0.25, 0.3) is 4.72 Å². The van der Waals surface area contributed by atoms with Crippen LogP contribution in [0.4, 0.5) is 5.82 Å². The van der Waals surface area contributed by atoms with Gasteiger partial charge in [-0.3, -0.25) is 4.90 Å². The Balaban J connectivity index is 1.64. The summed E-state index contributed by atoms with van der Waals surface area (Å²) in [6, 6.07) is 10.8. The molecule has 1 aliphatic heterocycles. The lowest BCUT2D eigenvalue weighted by Crippen LogP contribution is -2.39. The van der Waals surface area contributed by atoms with Crippen LogP contribution in [0.15, 0.2) is 47.5 Å². The lowest BCUT2D eigenvalue weighted by Gasteiger charge is -2.23. The minimum absolute atomic E-state index is 0.127. The Hall–Kier alpha value is -1.96. The third-order valence-corrected chi connectivity index (χ3v) is 5.82. The van der Waals surface area contributed by atoms with Crippen LogP contribution in [0, 0.1) is 5.92 Å². The summed E-state index contributed by atoms with van der Waals surface area (Å²) in [6.45, 7) is 7.44. The molecule has 0 saturated carbocycles. The second kappa shape index (κ2) is 8.82. The van der Waals surface area contributed by atoms with Crippen molar-refractivity contribution in [1.29, 1.82) is 0 Å². The topological polar surface area (TPSA) is 74.9 Å². The lowest BCUT2D eigenvalue weighted by atomic mass is 10.0. The molecular weight excluding hydrogens is 362 g/mol. The van der Waals surface area contributed by atoms with Gasteiger partial charge in [0, 0.05) is 11.0 Å². The van der Waals surface area contributed by atoms with Crippen LogP contribution < -0.4 is 9.88 Å². The van der Waals surface area contributed by atoms with E-state index < -0.39 is 10.0 Å². The number of hydrogen-bond acceptors (Lipinski definition) is 4. The van der Waals surface area contributed by atoms with Crippen LogP contribution in [0.3, 0.4) is 0 Å². The van der Waals surface area contributed by atoms with Gasteiger partial charge in [0.15, 0.2) is 0 Å². The molecule has 7 heteroatoms. The highest BCUT2D eigenvalue weighted by Crippen LogP contribution is 2.21. The van der Waals surface area contributed by atoms with E-state index in [4.69, 9.17) is 4.74 Å². The van der Waals surface area contributed by atoms with E-state index in [1.807, 2.05) is 30.5 Å². The van der Waals surface area contributed by atoms with Crippen LogP contribution in [0.2, 0.25) is 0 Å². The third kappa shape index (κ3) is 5.51. The van der Waals surface area contributed by atoms with Gasteiger partial charge in [-0.05, 0) is 36.1 Å². The van der Waals surface area contributed by atoms with Crippen molar-refractivity contribution in [2.24, 2.45) is 5.92 Å². The van der Waals surface area contributed by atoms with Crippen LogP contribution in [-0.4, -0.2) is 34.7 Å². The molecule has 1 aliphatic rings. The first-order valence-corrected chi connectivity index (χ1v) is 10.7. The Labute approximate surface area is 161 Å². The van der Waals surface area contributed by atoms with E-state index in [1.54, 1.807) is 12.1 Å². The average Bonchev–Trinajstić information content (AvgIpc) is 2.67. The Morgan fingerprint density at radius 1 is 1.11 bits per heavy atom. The molecule has 27 heavy (non-hydrogen) atoms. The lowest BCUT2D eigenvalue weighted by molar-refractivity contribution is -0.364. The monoisotopic (exact) mass is 389 g/mol. The van der Waals surface area contributed by atoms with E-state index >= 15 is 0 Å². The fraction of sp³-hybridized carbons (Fsp3) is 0.450. The molecule has 0 atom stereocenters. The molecule has 1 N–H and O–H groups in total. The fourth-order valence-corrected chi connectivity index (χ4v) is 4.04. The van der Waals surface area contributed by atoms with Gasteiger partial charge in [-0.15, -0.1) is 6.54 Å². The van der Waals surface area contributed by atoms with Crippen molar-refractivity contribution in [2.75, 3.05) is 31.2 Å². The zero-order valence-corrected chi connectivity index (χ0v) is 16.7. The predicted molar refractivity (Wildman–Crippen MR) is 105 cm³/mol. The van der Waals surface area contributed by atoms with Crippen LogP contribution >= 0.6 is 0 Å². The first-order valence-electron chi connectivity index (χ1n) is 9.30. The number of hydrogen-bond donors (Lipinski definition) is 0. The number of nitrogens with zero attached hydrogens (tertiary/aromatic N) is 2. The molecule has 1 aromatic carbocycles. The van der Waals surface area contributed by atoms with Crippen molar-refractivity contribution < 1.29 is 18.1 Å². The zero-order valence-electron chi connectivity index (χ0n) is 15.9. The SMILES string of the molecule is CC(C)Cc1ccc(S(=O)(=O)[N-]Cc2cc[nH+]c(N3CCOCC3)c2)cc1. The maximum atomic E-state index is 12.5. The molecule has 1 saturated heterocycles. The number of ether oxygens (including phenoxy) is 1. The van der Waals surface area contributed by atoms with Gasteiger partial charge in [-0.25, -0.2) is 13.4 Å². The largest absolute Gasteiger partial charge is 0.541 e. The number of rotatable bonds is 7. The quantitative estimate of drug-likeness (QED) is 0.730. The van der Waals surface area contributed by atoms with Crippen LogP contribution in [0.5, 0.6) is 0 Å². The van der Waals surface area contributed by atoms with Gasteiger partial charge in [0.2, 0.25) is 0 Å². The smallest absolute Gasteiger partial charge is 0.274 e. The van der Waals surface area contributed by atoms with Gasteiger partial charge in [0.25, 0.3) is 5.82 Å². The predicted octanol–water partition coefficient (Wildman–Crippen LogP) is 2.80. The number of benzene rings is 1. The van der Waals surface area contributed by atoms with E-state index in [1.165, 1.54) is 0 Å². The fourth-order valence-electron chi connectivity index (χ4n) is 3.09. The Kier molecular flexibility index (Phi) is 6.46. The first kappa shape index (κ1) is 19.8. The summed E-state index contributed by atoms with van der Waals surface area (Å²) in [5.74, 6) is 1.49. The number of anilines is 1. The number of aromatic nitrogens is 1. The van der Waals surface area contributed by atoms with Gasteiger partial charge >= 0.3 is 0 Å². The highest BCUT2D eigenvalue weighted by Gasteiger charge is 2.18. The third-order valence-electron chi connectivity index (χ3n) is 4.48. The summed E-state index contributed by atoms with van der Waals surface area (Å²) >= 11 is 0. The summed E-state index contributed by atoms with van der Waals surface area (Å²) in [4.78, 5) is 5.64. The molecule has 0 unspecified atom stereocenters. The van der Waals surface area contributed by atoms with E-state index in [2.05, 4.69) is 28.5 Å². The maximum Gasteiger partial charge on any atom is 0.274 e. The molecule has 0 radical (unpaired) electrons. The number of sulfonamides is 1. The molecule has 0 aliphatic carbocycles. The van der Waals surface area contributed by atoms with Gasteiger partial charge in [0.05, 0.1) is 19.4 Å². The van der Waals surface area contributed by atoms with E-state index in [0.717, 1.165) is 36.5 Å². The van der Waals surface area contributed by atoms with Crippen molar-refractivity contribution in [1.82, 2.24) is 0 Å². The second-order valence-electron chi connectivity index (χ2n) is 7.19. The summed E-state index contributed by atoms with van der Waals surface area (Å²) < 4.78 is 34.4. The van der Waals surface area contributed by atoms with Crippen LogP contribution in [0.1, 0.15) is 25.0 Å². The summed E-state index contributed by atoms with van der Waals surface area (Å²) in [5, 5.41) is 0. The van der Waals surface area contributed by atoms with Crippen molar-refractivity contribution in [2.45, 2.75) is 31.7 Å². The number of pyridine rings is 1. The van der Waals surface area contributed by atoms with Crippen LogP contribution in [-0.2, 0) is 27.7 Å². The van der Waals surface area contributed by atoms with Crippen molar-refractivity contribution in [3.8, 4) is 0 Å². The zero-order chi connectivity index (χ0) is 19.3. The van der Waals surface area contributed by atoms with Crippen molar-refractivity contribution in [3.63, 3.8) is 0 Å². The molecule has 6 nitrogen and oxygen atoms in total. The summed E-state index contributed by atoms with van der Waals surface area (Å²) in [5.41, 5.74) is 1.99. The second-order valence-corrected chi connectivity index (χ2v) is 8.87. The molecule has 2 aromatic rings. The molecule has 0 bridgehead atoms. The van der Waals surface area contributed by atoms with Crippen molar-refractivity contribution >= 4 is 15.8 Å². The molecule has 0 amide bonds. The standard InChI is InChI=1S/C20H26N3O3S/c1-16(2)13-17-3-5-19(6-4-17)27(24,25)22-15-18-7-8-21-20(14-18)23-9-11-26-12-10-23/h3-8,14,16H,9-13,15H2,1-2H3/q-1/p+1. The summed E-state index contributed by atoms with van der Waals surface area (Å²) in [6.07, 6.45) is 2.76. The van der Waals surface area contributed by atoms with E-state index in [-0.39, 0.29) is 11.4 Å². The molecule has 0 spiro atoms. The highest BCUT2D eigenvalue weighted by molar-refractivity contribution is 7.94. The normalized spacial score (nSPS) is 15.3. The van der Waals surface area contributed by atoms with Gasteiger partial charge < -0.3 is 9.46 Å². The molecule has 2 heterocycles. The number of morpholine rings is 1. The Bertz CT molecular complexity index is 845. The molecular formula is C20H27N3O3S. The molecule has 3 rings (SSSR count). The van der Waals surface area contributed by atoms with E-state index in [0.29, 0.717) is 19.1 Å². The van der Waals surface area contributed by atoms with Gasteiger partial charge in [-0.2, -0.15) is 0 Å². The number of aromatic amines is 1. The molecule has 146 valence electrons. The average molecular weight is 390 g/mol.